The second kappa shape index (κ2) is 5.36. The minimum absolute atomic E-state index is 0.880. The number of hydrogen-bond acceptors (Lipinski definition) is 2. The molecule has 13 heavy (non-hydrogen) atoms. The standard InChI is InChI=1S/C11H15NO/c1-3-11(12-13-2)9-10-7-5-4-6-8-10/h4-8H,3,9H2,1-2H3. The van der Waals surface area contributed by atoms with E-state index in [9.17, 15) is 0 Å². The highest BCUT2D eigenvalue weighted by atomic mass is 16.6. The third-order valence-corrected chi connectivity index (χ3v) is 1.88. The second-order valence-corrected chi connectivity index (χ2v) is 2.86. The summed E-state index contributed by atoms with van der Waals surface area (Å²) >= 11 is 0. The molecule has 0 heterocycles. The van der Waals surface area contributed by atoms with Crippen molar-refractivity contribution in [3.63, 3.8) is 0 Å². The zero-order chi connectivity index (χ0) is 9.52. The predicted molar refractivity (Wildman–Crippen MR) is 54.9 cm³/mol. The van der Waals surface area contributed by atoms with Crippen LogP contribution in [0.3, 0.4) is 0 Å². The zero-order valence-corrected chi connectivity index (χ0v) is 8.16. The van der Waals surface area contributed by atoms with Crippen molar-refractivity contribution < 1.29 is 4.84 Å². The number of nitrogens with zero attached hydrogens (tertiary/aromatic N) is 1. The summed E-state index contributed by atoms with van der Waals surface area (Å²) in [5, 5.41) is 3.95. The molecule has 0 saturated heterocycles. The Labute approximate surface area is 79.2 Å². The number of benzene rings is 1. The first kappa shape index (κ1) is 9.78. The van der Waals surface area contributed by atoms with Gasteiger partial charge < -0.3 is 4.84 Å². The van der Waals surface area contributed by atoms with Crippen LogP contribution in [0, 0.1) is 0 Å². The van der Waals surface area contributed by atoms with Gasteiger partial charge in [-0.1, -0.05) is 42.4 Å². The van der Waals surface area contributed by atoms with E-state index >= 15 is 0 Å². The Morgan fingerprint density at radius 1 is 1.31 bits per heavy atom. The highest BCUT2D eigenvalue weighted by molar-refractivity contribution is 5.85. The van der Waals surface area contributed by atoms with Gasteiger partial charge in [0.1, 0.15) is 7.11 Å². The van der Waals surface area contributed by atoms with Crippen LogP contribution in [0.1, 0.15) is 18.9 Å². The lowest BCUT2D eigenvalue weighted by molar-refractivity contribution is 0.212. The molecule has 0 spiro atoms. The van der Waals surface area contributed by atoms with Crippen LogP contribution in [-0.4, -0.2) is 12.8 Å². The fourth-order valence-electron chi connectivity index (χ4n) is 1.18. The molecule has 0 amide bonds. The molecular weight excluding hydrogens is 162 g/mol. The molecule has 0 aliphatic heterocycles. The van der Waals surface area contributed by atoms with Crippen LogP contribution in [0.2, 0.25) is 0 Å². The normalized spacial score (nSPS) is 11.4. The van der Waals surface area contributed by atoms with Crippen molar-refractivity contribution in [1.29, 1.82) is 0 Å². The van der Waals surface area contributed by atoms with E-state index in [4.69, 9.17) is 4.84 Å². The van der Waals surface area contributed by atoms with Gasteiger partial charge in [0.25, 0.3) is 0 Å². The molecule has 0 aromatic heterocycles. The van der Waals surface area contributed by atoms with E-state index < -0.39 is 0 Å². The van der Waals surface area contributed by atoms with E-state index in [1.807, 2.05) is 18.2 Å². The average molecular weight is 177 g/mol. The molecular formula is C11H15NO. The first-order chi connectivity index (χ1) is 6.36. The van der Waals surface area contributed by atoms with Crippen molar-refractivity contribution in [2.24, 2.45) is 5.16 Å². The molecule has 0 saturated carbocycles. The molecule has 0 N–H and O–H groups in total. The van der Waals surface area contributed by atoms with Gasteiger partial charge >= 0.3 is 0 Å². The summed E-state index contributed by atoms with van der Waals surface area (Å²) in [5.41, 5.74) is 2.36. The molecule has 1 rings (SSSR count). The van der Waals surface area contributed by atoms with Gasteiger partial charge in [-0.3, -0.25) is 0 Å². The first-order valence-electron chi connectivity index (χ1n) is 4.49. The molecule has 2 heteroatoms. The van der Waals surface area contributed by atoms with Gasteiger partial charge in [-0.2, -0.15) is 0 Å². The van der Waals surface area contributed by atoms with Crippen LogP contribution in [0.15, 0.2) is 35.5 Å². The number of rotatable bonds is 4. The third kappa shape index (κ3) is 3.28. The summed E-state index contributed by atoms with van der Waals surface area (Å²) < 4.78 is 0. The Balaban J connectivity index is 2.62. The van der Waals surface area contributed by atoms with E-state index in [0.29, 0.717) is 0 Å². The summed E-state index contributed by atoms with van der Waals surface area (Å²) in [6.07, 6.45) is 1.81. The molecule has 70 valence electrons. The van der Waals surface area contributed by atoms with Crippen LogP contribution < -0.4 is 0 Å². The van der Waals surface area contributed by atoms with E-state index in [0.717, 1.165) is 18.6 Å². The van der Waals surface area contributed by atoms with Gasteiger partial charge in [-0.25, -0.2) is 0 Å². The van der Waals surface area contributed by atoms with Gasteiger partial charge in [0.2, 0.25) is 0 Å². The summed E-state index contributed by atoms with van der Waals surface area (Å²) in [6, 6.07) is 10.3. The van der Waals surface area contributed by atoms with Crippen LogP contribution in [0.5, 0.6) is 0 Å². The molecule has 1 aromatic rings. The summed E-state index contributed by atoms with van der Waals surface area (Å²) in [6.45, 7) is 2.08. The molecule has 0 unspecified atom stereocenters. The predicted octanol–water partition coefficient (Wildman–Crippen LogP) is 2.64. The largest absolute Gasteiger partial charge is 0.399 e. The maximum absolute atomic E-state index is 4.76. The van der Waals surface area contributed by atoms with Crippen LogP contribution in [-0.2, 0) is 11.3 Å². The van der Waals surface area contributed by atoms with Crippen molar-refractivity contribution in [2.45, 2.75) is 19.8 Å². The lowest BCUT2D eigenvalue weighted by Crippen LogP contribution is -2.01. The van der Waals surface area contributed by atoms with E-state index in [1.165, 1.54) is 5.56 Å². The molecule has 0 fully saturated rings. The maximum Gasteiger partial charge on any atom is 0.106 e. The first-order valence-corrected chi connectivity index (χ1v) is 4.49. The van der Waals surface area contributed by atoms with E-state index in [1.54, 1.807) is 7.11 Å². The van der Waals surface area contributed by atoms with Crippen LogP contribution in [0.25, 0.3) is 0 Å². The number of hydrogen-bond donors (Lipinski definition) is 0. The van der Waals surface area contributed by atoms with Crippen molar-refractivity contribution >= 4 is 5.71 Å². The Morgan fingerprint density at radius 2 is 2.00 bits per heavy atom. The molecule has 0 aliphatic carbocycles. The highest BCUT2D eigenvalue weighted by Crippen LogP contribution is 2.03. The Morgan fingerprint density at radius 3 is 2.54 bits per heavy atom. The fourth-order valence-corrected chi connectivity index (χ4v) is 1.18. The lowest BCUT2D eigenvalue weighted by atomic mass is 10.1. The summed E-state index contributed by atoms with van der Waals surface area (Å²) in [5.74, 6) is 0. The van der Waals surface area contributed by atoms with Gasteiger partial charge in [-0.15, -0.1) is 0 Å². The minimum atomic E-state index is 0.880. The lowest BCUT2D eigenvalue weighted by Gasteiger charge is -2.02. The van der Waals surface area contributed by atoms with Crippen LogP contribution >= 0.6 is 0 Å². The zero-order valence-electron chi connectivity index (χ0n) is 8.16. The fraction of sp³-hybridized carbons (Fsp3) is 0.364. The maximum atomic E-state index is 4.76. The molecule has 1 aromatic carbocycles. The van der Waals surface area contributed by atoms with Gasteiger partial charge in [-0.05, 0) is 12.0 Å². The van der Waals surface area contributed by atoms with E-state index in [-0.39, 0.29) is 0 Å². The van der Waals surface area contributed by atoms with Crippen molar-refractivity contribution in [1.82, 2.24) is 0 Å². The molecule has 2 nitrogen and oxygen atoms in total. The minimum Gasteiger partial charge on any atom is -0.399 e. The van der Waals surface area contributed by atoms with Gasteiger partial charge in [0, 0.05) is 6.42 Å². The topological polar surface area (TPSA) is 21.6 Å². The van der Waals surface area contributed by atoms with Crippen LogP contribution in [0.4, 0.5) is 0 Å². The molecule has 0 bridgehead atoms. The van der Waals surface area contributed by atoms with Crippen molar-refractivity contribution in [2.75, 3.05) is 7.11 Å². The molecule has 0 radical (unpaired) electrons. The SMILES string of the molecule is CCC(Cc1ccccc1)=NOC. The van der Waals surface area contributed by atoms with Crippen molar-refractivity contribution in [3.05, 3.63) is 35.9 Å². The Bertz CT molecular complexity index is 267. The molecule has 0 atom stereocenters. The summed E-state index contributed by atoms with van der Waals surface area (Å²) in [4.78, 5) is 4.76. The quantitative estimate of drug-likeness (QED) is 0.511. The third-order valence-electron chi connectivity index (χ3n) is 1.88. The van der Waals surface area contributed by atoms with Gasteiger partial charge in [0.15, 0.2) is 0 Å². The smallest absolute Gasteiger partial charge is 0.106 e. The summed E-state index contributed by atoms with van der Waals surface area (Å²) in [7, 11) is 1.58. The Hall–Kier alpha value is -1.31. The average Bonchev–Trinajstić information content (AvgIpc) is 2.19. The number of oxime groups is 1. The Kier molecular flexibility index (Phi) is 4.03. The van der Waals surface area contributed by atoms with E-state index in [2.05, 4.69) is 24.2 Å². The monoisotopic (exact) mass is 177 g/mol. The van der Waals surface area contributed by atoms with Crippen molar-refractivity contribution in [3.8, 4) is 0 Å². The molecule has 0 aliphatic rings. The second-order valence-electron chi connectivity index (χ2n) is 2.86. The highest BCUT2D eigenvalue weighted by Gasteiger charge is 1.98. The van der Waals surface area contributed by atoms with Gasteiger partial charge in [0.05, 0.1) is 5.71 Å².